The van der Waals surface area contributed by atoms with Crippen LogP contribution in [0.3, 0.4) is 0 Å². The predicted molar refractivity (Wildman–Crippen MR) is 135 cm³/mol. The van der Waals surface area contributed by atoms with Gasteiger partial charge in [0.2, 0.25) is 0 Å². The van der Waals surface area contributed by atoms with Gasteiger partial charge in [-0.25, -0.2) is 13.4 Å². The minimum Gasteiger partial charge on any atom is -0.486 e. The molecule has 0 amide bonds. The Hall–Kier alpha value is -3.98. The van der Waals surface area contributed by atoms with Gasteiger partial charge in [-0.2, -0.15) is 5.10 Å². The van der Waals surface area contributed by atoms with Crippen LogP contribution in [0.1, 0.15) is 13.3 Å². The number of pyridine rings is 1. The van der Waals surface area contributed by atoms with E-state index in [2.05, 4.69) is 23.1 Å². The van der Waals surface area contributed by atoms with E-state index < -0.39 is 10.0 Å². The fraction of sp³-hybridized carbons (Fsp3) is 0.192. The zero-order valence-corrected chi connectivity index (χ0v) is 20.3. The molecule has 2 aromatic carbocycles. The largest absolute Gasteiger partial charge is 0.486 e. The van der Waals surface area contributed by atoms with Gasteiger partial charge in [0.1, 0.15) is 22.9 Å². The molecule has 0 aliphatic carbocycles. The number of likely N-dealkylation sites (N-methyl/N-ethyl adjacent to an activating group) is 1. The lowest BCUT2D eigenvalue weighted by atomic mass is 10.0. The van der Waals surface area contributed by atoms with Crippen LogP contribution in [0.2, 0.25) is 0 Å². The maximum Gasteiger partial charge on any atom is 0.267 e. The first-order valence-electron chi connectivity index (χ1n) is 11.3. The molecule has 1 aliphatic rings. The summed E-state index contributed by atoms with van der Waals surface area (Å²) in [5.74, 6) is 0.936. The highest BCUT2D eigenvalue weighted by atomic mass is 32.2. The van der Waals surface area contributed by atoms with Crippen molar-refractivity contribution >= 4 is 21.5 Å². The molecule has 8 nitrogen and oxygen atoms in total. The summed E-state index contributed by atoms with van der Waals surface area (Å²) in [7, 11) is -2.15. The van der Waals surface area contributed by atoms with Crippen molar-refractivity contribution in [3.8, 4) is 28.1 Å². The van der Waals surface area contributed by atoms with Crippen LogP contribution in [0, 0.1) is 0 Å². The van der Waals surface area contributed by atoms with Crippen LogP contribution in [0.15, 0.2) is 89.1 Å². The summed E-state index contributed by atoms with van der Waals surface area (Å²) in [5.41, 5.74) is 4.36. The van der Waals surface area contributed by atoms with Crippen LogP contribution in [0.4, 0.5) is 5.69 Å². The zero-order valence-electron chi connectivity index (χ0n) is 19.5. The minimum absolute atomic E-state index is 0.0246. The molecular formula is C26H25N5O3S. The summed E-state index contributed by atoms with van der Waals surface area (Å²) >= 11 is 0. The number of aliphatic imine (C=N–C) groups is 1. The van der Waals surface area contributed by atoms with E-state index in [0.717, 1.165) is 35.3 Å². The van der Waals surface area contributed by atoms with Gasteiger partial charge in [-0.3, -0.25) is 14.0 Å². The zero-order chi connectivity index (χ0) is 24.4. The molecule has 0 spiro atoms. The fourth-order valence-electron chi connectivity index (χ4n) is 3.96. The van der Waals surface area contributed by atoms with Gasteiger partial charge in [0.25, 0.3) is 10.0 Å². The van der Waals surface area contributed by atoms with Crippen LogP contribution < -0.4 is 4.74 Å². The molecule has 0 radical (unpaired) electrons. The van der Waals surface area contributed by atoms with Gasteiger partial charge in [-0.05, 0) is 60.5 Å². The molecule has 9 heteroatoms. The molecule has 0 atom stereocenters. The second-order valence-electron chi connectivity index (χ2n) is 8.17. The third kappa shape index (κ3) is 4.42. The van der Waals surface area contributed by atoms with Crippen molar-refractivity contribution in [1.82, 2.24) is 19.1 Å². The lowest BCUT2D eigenvalue weighted by Crippen LogP contribution is -2.38. The maximum absolute atomic E-state index is 12.8. The average molecular weight is 487 g/mol. The number of rotatable bonds is 7. The molecule has 0 fully saturated rings. The van der Waals surface area contributed by atoms with Crippen molar-refractivity contribution < 1.29 is 13.2 Å². The van der Waals surface area contributed by atoms with Crippen LogP contribution in [-0.4, -0.2) is 47.0 Å². The van der Waals surface area contributed by atoms with Gasteiger partial charge in [-0.15, -0.1) is 0 Å². The number of amidine groups is 1. The number of para-hydroxylation sites is 1. The molecular weight excluding hydrogens is 461 g/mol. The molecule has 35 heavy (non-hydrogen) atoms. The van der Waals surface area contributed by atoms with Gasteiger partial charge in [0.15, 0.2) is 5.84 Å². The van der Waals surface area contributed by atoms with E-state index in [1.807, 2.05) is 41.1 Å². The van der Waals surface area contributed by atoms with E-state index in [1.165, 1.54) is 11.4 Å². The van der Waals surface area contributed by atoms with Crippen molar-refractivity contribution in [2.45, 2.75) is 24.8 Å². The Morgan fingerprint density at radius 2 is 1.69 bits per heavy atom. The SMILES string of the molecule is CN1C(COc2ccc(-c3nn(CC[11CH3])cc3-c3ccncc3)cc2)=Nc2ccccc2S1(=O)=O. The fourth-order valence-corrected chi connectivity index (χ4v) is 5.26. The minimum atomic E-state index is -3.64. The Labute approximate surface area is 204 Å². The highest BCUT2D eigenvalue weighted by molar-refractivity contribution is 7.90. The van der Waals surface area contributed by atoms with Gasteiger partial charge >= 0.3 is 0 Å². The van der Waals surface area contributed by atoms with Gasteiger partial charge in [0, 0.05) is 43.3 Å². The Morgan fingerprint density at radius 3 is 2.43 bits per heavy atom. The number of fused-ring (bicyclic) bond motifs is 1. The second-order valence-corrected chi connectivity index (χ2v) is 10.1. The highest BCUT2D eigenvalue weighted by Gasteiger charge is 2.31. The van der Waals surface area contributed by atoms with Crippen molar-refractivity contribution in [2.24, 2.45) is 4.99 Å². The molecule has 1 aliphatic heterocycles. The molecule has 0 N–H and O–H groups in total. The first-order chi connectivity index (χ1) is 17.0. The standard InChI is InChI=1S/C26H25N5O3S/c1-3-16-31-17-22(19-12-14-27-15-13-19)26(29-31)20-8-10-21(11-9-20)34-18-25-28-23-6-4-5-7-24(23)35(32,33)30(25)2/h4-15,17H,3,16,18H2,1-2H3/i1-1. The predicted octanol–water partition coefficient (Wildman–Crippen LogP) is 4.77. The van der Waals surface area contributed by atoms with E-state index in [1.54, 1.807) is 36.7 Å². The Kier molecular flexibility index (Phi) is 6.08. The van der Waals surface area contributed by atoms with E-state index >= 15 is 0 Å². The number of benzene rings is 2. The molecule has 178 valence electrons. The van der Waals surface area contributed by atoms with Crippen molar-refractivity contribution in [2.75, 3.05) is 13.7 Å². The number of aromatic nitrogens is 3. The summed E-state index contributed by atoms with van der Waals surface area (Å²) in [6, 6.07) is 18.3. The molecule has 0 saturated carbocycles. The van der Waals surface area contributed by atoms with E-state index in [4.69, 9.17) is 9.84 Å². The Morgan fingerprint density at radius 1 is 0.943 bits per heavy atom. The van der Waals surface area contributed by atoms with Crippen molar-refractivity contribution in [3.63, 3.8) is 0 Å². The first kappa shape index (κ1) is 22.8. The van der Waals surface area contributed by atoms with Crippen LogP contribution in [-0.2, 0) is 16.6 Å². The van der Waals surface area contributed by atoms with Crippen molar-refractivity contribution in [1.29, 1.82) is 0 Å². The summed E-state index contributed by atoms with van der Waals surface area (Å²) in [4.78, 5) is 8.80. The number of nitrogens with zero attached hydrogens (tertiary/aromatic N) is 5. The quantitative estimate of drug-likeness (QED) is 0.376. The Balaban J connectivity index is 1.38. The summed E-state index contributed by atoms with van der Waals surface area (Å²) < 4.78 is 34.6. The normalized spacial score (nSPS) is 14.3. The first-order valence-corrected chi connectivity index (χ1v) is 12.8. The van der Waals surface area contributed by atoms with Crippen molar-refractivity contribution in [3.05, 3.63) is 79.3 Å². The average Bonchev–Trinajstić information content (AvgIpc) is 3.30. The molecule has 0 unspecified atom stereocenters. The monoisotopic (exact) mass is 486 g/mol. The molecule has 5 rings (SSSR count). The van der Waals surface area contributed by atoms with Crippen LogP contribution >= 0.6 is 0 Å². The number of hydrogen-bond donors (Lipinski definition) is 0. The van der Waals surface area contributed by atoms with Gasteiger partial charge < -0.3 is 4.74 Å². The Bertz CT molecular complexity index is 1480. The van der Waals surface area contributed by atoms with Gasteiger partial charge in [0.05, 0.1) is 5.69 Å². The third-order valence-corrected chi connectivity index (χ3v) is 7.65. The van der Waals surface area contributed by atoms with E-state index in [9.17, 15) is 8.42 Å². The molecule has 3 heterocycles. The van der Waals surface area contributed by atoms with Crippen LogP contribution in [0.5, 0.6) is 5.75 Å². The van der Waals surface area contributed by atoms with E-state index in [-0.39, 0.29) is 11.5 Å². The summed E-state index contributed by atoms with van der Waals surface area (Å²) in [5, 5.41) is 4.81. The smallest absolute Gasteiger partial charge is 0.267 e. The number of sulfonamides is 1. The topological polar surface area (TPSA) is 89.7 Å². The second kappa shape index (κ2) is 9.34. The van der Waals surface area contributed by atoms with Gasteiger partial charge in [-0.1, -0.05) is 19.1 Å². The number of ether oxygens (including phenoxy) is 1. The molecule has 0 bridgehead atoms. The van der Waals surface area contributed by atoms with E-state index in [0.29, 0.717) is 17.3 Å². The molecule has 2 aromatic heterocycles. The number of aryl methyl sites for hydroxylation is 1. The summed E-state index contributed by atoms with van der Waals surface area (Å²) in [6.45, 7) is 2.98. The maximum atomic E-state index is 12.8. The van der Waals surface area contributed by atoms with Crippen LogP contribution in [0.25, 0.3) is 22.4 Å². The third-order valence-electron chi connectivity index (χ3n) is 5.82. The number of hydrogen-bond acceptors (Lipinski definition) is 6. The molecule has 4 aromatic rings. The lowest BCUT2D eigenvalue weighted by molar-refractivity contribution is 0.365. The summed E-state index contributed by atoms with van der Waals surface area (Å²) in [6.07, 6.45) is 6.60. The lowest BCUT2D eigenvalue weighted by Gasteiger charge is -2.26. The molecule has 0 saturated heterocycles. The highest BCUT2D eigenvalue weighted by Crippen LogP contribution is 2.33.